The van der Waals surface area contributed by atoms with Crippen LogP contribution in [0.4, 0.5) is 26.3 Å². The van der Waals surface area contributed by atoms with Gasteiger partial charge in [0.2, 0.25) is 11.6 Å². The molecule has 2 aromatic rings. The van der Waals surface area contributed by atoms with Crippen molar-refractivity contribution in [1.29, 1.82) is 0 Å². The highest BCUT2D eigenvalue weighted by Gasteiger charge is 2.41. The van der Waals surface area contributed by atoms with Gasteiger partial charge in [-0.1, -0.05) is 30.3 Å². The maximum absolute atomic E-state index is 12.5. The van der Waals surface area contributed by atoms with Gasteiger partial charge in [0.05, 0.1) is 0 Å². The van der Waals surface area contributed by atoms with E-state index in [0.717, 1.165) is 0 Å². The number of aromatic nitrogens is 3. The molecule has 0 radical (unpaired) electrons. The van der Waals surface area contributed by atoms with Gasteiger partial charge in [-0.25, -0.2) is 15.0 Å². The zero-order valence-electron chi connectivity index (χ0n) is 9.50. The normalized spacial score (nSPS) is 12.5. The van der Waals surface area contributed by atoms with Gasteiger partial charge < -0.3 is 0 Å². The highest BCUT2D eigenvalue weighted by atomic mass is 19.4. The van der Waals surface area contributed by atoms with Crippen molar-refractivity contribution in [3.05, 3.63) is 42.0 Å². The Bertz CT molecular complexity index is 574. The molecule has 1 heterocycles. The Morgan fingerprint density at radius 2 is 1.10 bits per heavy atom. The van der Waals surface area contributed by atoms with Gasteiger partial charge in [-0.2, -0.15) is 26.3 Å². The SMILES string of the molecule is FC(F)(F)c1nc(-c2ccccc2)nc(C(F)(F)F)n1. The molecule has 0 aliphatic carbocycles. The molecule has 106 valence electrons. The first-order valence-electron chi connectivity index (χ1n) is 5.14. The number of benzene rings is 1. The third kappa shape index (κ3) is 3.03. The summed E-state index contributed by atoms with van der Waals surface area (Å²) in [5.41, 5.74) is 0.0332. The molecular weight excluding hydrogens is 288 g/mol. The summed E-state index contributed by atoms with van der Waals surface area (Å²) < 4.78 is 75.2. The van der Waals surface area contributed by atoms with Crippen LogP contribution in [0.3, 0.4) is 0 Å². The molecule has 9 heteroatoms. The van der Waals surface area contributed by atoms with Gasteiger partial charge in [-0.15, -0.1) is 0 Å². The zero-order valence-corrected chi connectivity index (χ0v) is 9.50. The third-order valence-corrected chi connectivity index (χ3v) is 2.17. The van der Waals surface area contributed by atoms with Gasteiger partial charge in [-0.3, -0.25) is 0 Å². The molecule has 0 N–H and O–H groups in total. The topological polar surface area (TPSA) is 38.7 Å². The monoisotopic (exact) mass is 293 g/mol. The number of nitrogens with zero attached hydrogens (tertiary/aromatic N) is 3. The van der Waals surface area contributed by atoms with E-state index in [1.165, 1.54) is 24.3 Å². The summed E-state index contributed by atoms with van der Waals surface area (Å²) in [7, 11) is 0. The summed E-state index contributed by atoms with van der Waals surface area (Å²) in [4.78, 5) is 8.51. The highest BCUT2D eigenvalue weighted by Crippen LogP contribution is 2.32. The fourth-order valence-corrected chi connectivity index (χ4v) is 1.35. The predicted octanol–water partition coefficient (Wildman–Crippen LogP) is 3.58. The second-order valence-electron chi connectivity index (χ2n) is 3.67. The van der Waals surface area contributed by atoms with Crippen molar-refractivity contribution in [3.8, 4) is 11.4 Å². The highest BCUT2D eigenvalue weighted by molar-refractivity contribution is 5.54. The molecule has 0 unspecified atom stereocenters. The summed E-state index contributed by atoms with van der Waals surface area (Å²) in [6.07, 6.45) is -10.2. The standard InChI is InChI=1S/C11H5F6N3/c12-10(13,14)8-18-7(6-4-2-1-3-5-6)19-9(20-8)11(15,16)17/h1-5H. The lowest BCUT2D eigenvalue weighted by atomic mass is 10.2. The molecule has 1 aromatic carbocycles. The van der Waals surface area contributed by atoms with Crippen LogP contribution >= 0.6 is 0 Å². The molecule has 0 aliphatic heterocycles. The van der Waals surface area contributed by atoms with E-state index in [9.17, 15) is 26.3 Å². The minimum absolute atomic E-state index is 0.0332. The number of alkyl halides is 6. The number of rotatable bonds is 1. The quantitative estimate of drug-likeness (QED) is 0.754. The predicted molar refractivity (Wildman–Crippen MR) is 55.3 cm³/mol. The molecule has 0 fully saturated rings. The molecule has 0 spiro atoms. The first kappa shape index (κ1) is 14.2. The summed E-state index contributed by atoms with van der Waals surface area (Å²) in [5.74, 6) is -4.43. The van der Waals surface area contributed by atoms with Gasteiger partial charge in [0.1, 0.15) is 0 Å². The molecule has 0 amide bonds. The fraction of sp³-hybridized carbons (Fsp3) is 0.182. The Morgan fingerprint density at radius 3 is 1.50 bits per heavy atom. The average Bonchev–Trinajstić information content (AvgIpc) is 2.37. The van der Waals surface area contributed by atoms with E-state index in [4.69, 9.17) is 0 Å². The molecule has 1 aromatic heterocycles. The third-order valence-electron chi connectivity index (χ3n) is 2.17. The van der Waals surface area contributed by atoms with Crippen LogP contribution in [-0.4, -0.2) is 15.0 Å². The van der Waals surface area contributed by atoms with Crippen LogP contribution in [0, 0.1) is 0 Å². The van der Waals surface area contributed by atoms with Crippen molar-refractivity contribution in [2.75, 3.05) is 0 Å². The maximum Gasteiger partial charge on any atom is 0.451 e. The van der Waals surface area contributed by atoms with Crippen molar-refractivity contribution in [2.45, 2.75) is 12.4 Å². The molecule has 0 saturated carbocycles. The Labute approximate surface area is 108 Å². The summed E-state index contributed by atoms with van der Waals surface area (Å²) in [6, 6.07) is 7.05. The first-order valence-corrected chi connectivity index (χ1v) is 5.14. The lowest BCUT2D eigenvalue weighted by molar-refractivity contribution is -0.155. The molecule has 0 bridgehead atoms. The Morgan fingerprint density at radius 1 is 0.650 bits per heavy atom. The van der Waals surface area contributed by atoms with E-state index in [-0.39, 0.29) is 5.56 Å². The lowest BCUT2D eigenvalue weighted by Crippen LogP contribution is -2.19. The molecular formula is C11H5F6N3. The maximum atomic E-state index is 12.5. The van der Waals surface area contributed by atoms with Crippen molar-refractivity contribution in [3.63, 3.8) is 0 Å². The minimum atomic E-state index is -5.09. The number of hydrogen-bond donors (Lipinski definition) is 0. The van der Waals surface area contributed by atoms with Gasteiger partial charge in [0.25, 0.3) is 0 Å². The lowest BCUT2D eigenvalue weighted by Gasteiger charge is -2.11. The van der Waals surface area contributed by atoms with E-state index in [2.05, 4.69) is 15.0 Å². The Balaban J connectivity index is 2.64. The van der Waals surface area contributed by atoms with Crippen molar-refractivity contribution in [2.24, 2.45) is 0 Å². The fourth-order valence-electron chi connectivity index (χ4n) is 1.35. The average molecular weight is 293 g/mol. The zero-order chi connectivity index (χ0) is 15.0. The largest absolute Gasteiger partial charge is 0.451 e. The van der Waals surface area contributed by atoms with Crippen LogP contribution in [0.5, 0.6) is 0 Å². The molecule has 0 aliphatic rings. The molecule has 20 heavy (non-hydrogen) atoms. The minimum Gasteiger partial charge on any atom is -0.204 e. The summed E-state index contributed by atoms with van der Waals surface area (Å²) >= 11 is 0. The Kier molecular flexibility index (Phi) is 3.36. The van der Waals surface area contributed by atoms with E-state index < -0.39 is 29.8 Å². The molecule has 0 atom stereocenters. The second-order valence-corrected chi connectivity index (χ2v) is 3.67. The van der Waals surface area contributed by atoms with Gasteiger partial charge >= 0.3 is 12.4 Å². The molecule has 3 nitrogen and oxygen atoms in total. The van der Waals surface area contributed by atoms with E-state index in [1.54, 1.807) is 6.07 Å². The summed E-state index contributed by atoms with van der Waals surface area (Å²) in [5, 5.41) is 0. The van der Waals surface area contributed by atoms with Gasteiger partial charge in [-0.05, 0) is 0 Å². The molecule has 0 saturated heterocycles. The van der Waals surface area contributed by atoms with E-state index in [1.807, 2.05) is 0 Å². The number of halogens is 6. The number of hydrogen-bond acceptors (Lipinski definition) is 3. The van der Waals surface area contributed by atoms with E-state index >= 15 is 0 Å². The van der Waals surface area contributed by atoms with Crippen LogP contribution in [0.25, 0.3) is 11.4 Å². The van der Waals surface area contributed by atoms with Crippen LogP contribution in [0.1, 0.15) is 11.6 Å². The first-order chi connectivity index (χ1) is 9.18. The molecule has 2 rings (SSSR count). The van der Waals surface area contributed by atoms with Crippen LogP contribution in [0.15, 0.2) is 30.3 Å². The summed E-state index contributed by atoms with van der Waals surface area (Å²) in [6.45, 7) is 0. The van der Waals surface area contributed by atoms with Crippen LogP contribution < -0.4 is 0 Å². The second kappa shape index (κ2) is 4.73. The van der Waals surface area contributed by atoms with Crippen molar-refractivity contribution in [1.82, 2.24) is 15.0 Å². The van der Waals surface area contributed by atoms with E-state index in [0.29, 0.717) is 0 Å². The van der Waals surface area contributed by atoms with Crippen molar-refractivity contribution >= 4 is 0 Å². The smallest absolute Gasteiger partial charge is 0.204 e. The van der Waals surface area contributed by atoms with Crippen molar-refractivity contribution < 1.29 is 26.3 Å². The Hall–Kier alpha value is -2.19. The van der Waals surface area contributed by atoms with Gasteiger partial charge in [0.15, 0.2) is 5.82 Å². The van der Waals surface area contributed by atoms with Crippen LogP contribution in [-0.2, 0) is 12.4 Å². The van der Waals surface area contributed by atoms with Gasteiger partial charge in [0, 0.05) is 5.56 Å². The van der Waals surface area contributed by atoms with Crippen LogP contribution in [0.2, 0.25) is 0 Å².